The summed E-state index contributed by atoms with van der Waals surface area (Å²) in [7, 11) is 1.92. The Morgan fingerprint density at radius 3 is 2.09 bits per heavy atom. The van der Waals surface area contributed by atoms with Gasteiger partial charge in [-0.1, -0.05) is 27.7 Å². The third-order valence-corrected chi connectivity index (χ3v) is 5.74. The molecule has 2 aliphatic rings. The van der Waals surface area contributed by atoms with Crippen LogP contribution in [0.1, 0.15) is 66.7 Å². The van der Waals surface area contributed by atoms with Crippen molar-refractivity contribution >= 4 is 0 Å². The molecule has 0 N–H and O–H groups in total. The van der Waals surface area contributed by atoms with E-state index in [1.54, 1.807) is 0 Å². The fraction of sp³-hybridized carbons (Fsp3) is 1.00. The maximum atomic E-state index is 6.00. The third-order valence-electron chi connectivity index (χ3n) is 5.74. The molecule has 0 aliphatic carbocycles. The van der Waals surface area contributed by atoms with Crippen molar-refractivity contribution in [1.82, 2.24) is 9.80 Å². The predicted molar refractivity (Wildman–Crippen MR) is 96.5 cm³/mol. The SMILES string of the molecule is CC.CCC(C)N1CCC(CN2CCC(C)CC2)(OC)CC1. The van der Waals surface area contributed by atoms with Crippen molar-refractivity contribution in [2.24, 2.45) is 5.92 Å². The maximum Gasteiger partial charge on any atom is 0.0829 e. The van der Waals surface area contributed by atoms with Gasteiger partial charge in [0.25, 0.3) is 0 Å². The molecule has 2 fully saturated rings. The van der Waals surface area contributed by atoms with Gasteiger partial charge in [0.05, 0.1) is 5.60 Å². The van der Waals surface area contributed by atoms with Gasteiger partial charge < -0.3 is 14.5 Å². The summed E-state index contributed by atoms with van der Waals surface area (Å²) in [5.74, 6) is 0.914. The lowest BCUT2D eigenvalue weighted by Crippen LogP contribution is -2.54. The zero-order chi connectivity index (χ0) is 16.6. The highest BCUT2D eigenvalue weighted by Crippen LogP contribution is 2.29. The van der Waals surface area contributed by atoms with Gasteiger partial charge >= 0.3 is 0 Å². The van der Waals surface area contributed by atoms with Gasteiger partial charge in [-0.25, -0.2) is 0 Å². The topological polar surface area (TPSA) is 15.7 Å². The zero-order valence-electron chi connectivity index (χ0n) is 16.0. The predicted octanol–water partition coefficient (Wildman–Crippen LogP) is 4.02. The Kier molecular flexibility index (Phi) is 8.96. The highest BCUT2D eigenvalue weighted by atomic mass is 16.5. The number of nitrogens with zero attached hydrogens (tertiary/aromatic N) is 2. The van der Waals surface area contributed by atoms with Crippen LogP contribution in [-0.4, -0.2) is 61.3 Å². The van der Waals surface area contributed by atoms with Crippen molar-refractivity contribution < 1.29 is 4.74 Å². The van der Waals surface area contributed by atoms with Crippen LogP contribution in [0, 0.1) is 5.92 Å². The minimum atomic E-state index is 0.116. The molecule has 0 radical (unpaired) electrons. The van der Waals surface area contributed by atoms with E-state index in [-0.39, 0.29) is 5.60 Å². The molecule has 0 aromatic carbocycles. The van der Waals surface area contributed by atoms with E-state index in [0.717, 1.165) is 18.5 Å². The van der Waals surface area contributed by atoms with E-state index in [1.807, 2.05) is 21.0 Å². The fourth-order valence-corrected chi connectivity index (χ4v) is 3.68. The smallest absolute Gasteiger partial charge is 0.0829 e. The number of piperidine rings is 2. The molecule has 0 spiro atoms. The second-order valence-electron chi connectivity index (χ2n) is 7.14. The van der Waals surface area contributed by atoms with E-state index < -0.39 is 0 Å². The molecule has 1 unspecified atom stereocenters. The molecular formula is C19H40N2O. The monoisotopic (exact) mass is 312 g/mol. The first-order chi connectivity index (χ1) is 10.6. The Morgan fingerprint density at radius 2 is 1.64 bits per heavy atom. The number of rotatable bonds is 5. The van der Waals surface area contributed by atoms with Crippen LogP contribution in [0.25, 0.3) is 0 Å². The number of hydrogen-bond acceptors (Lipinski definition) is 3. The quantitative estimate of drug-likeness (QED) is 0.762. The van der Waals surface area contributed by atoms with Crippen molar-refractivity contribution in [1.29, 1.82) is 0 Å². The Morgan fingerprint density at radius 1 is 1.09 bits per heavy atom. The molecule has 22 heavy (non-hydrogen) atoms. The van der Waals surface area contributed by atoms with Crippen LogP contribution in [0.2, 0.25) is 0 Å². The summed E-state index contributed by atoms with van der Waals surface area (Å²) in [6, 6.07) is 0.723. The fourth-order valence-electron chi connectivity index (χ4n) is 3.68. The molecule has 2 saturated heterocycles. The number of ether oxygens (including phenoxy) is 1. The van der Waals surface area contributed by atoms with E-state index in [4.69, 9.17) is 4.74 Å². The average Bonchev–Trinajstić information content (AvgIpc) is 2.59. The first kappa shape index (κ1) is 19.9. The molecule has 2 heterocycles. The average molecular weight is 313 g/mol. The van der Waals surface area contributed by atoms with Gasteiger partial charge in [-0.2, -0.15) is 0 Å². The highest BCUT2D eigenvalue weighted by Gasteiger charge is 2.37. The van der Waals surface area contributed by atoms with Crippen molar-refractivity contribution in [2.75, 3.05) is 39.8 Å². The second kappa shape index (κ2) is 9.89. The van der Waals surface area contributed by atoms with Gasteiger partial charge in [0.15, 0.2) is 0 Å². The van der Waals surface area contributed by atoms with Crippen LogP contribution in [0.5, 0.6) is 0 Å². The minimum absolute atomic E-state index is 0.116. The molecule has 0 bridgehead atoms. The van der Waals surface area contributed by atoms with Gasteiger partial charge in [-0.3, -0.25) is 0 Å². The lowest BCUT2D eigenvalue weighted by Gasteiger charge is -2.46. The summed E-state index contributed by atoms with van der Waals surface area (Å²) in [6.07, 6.45) is 6.36. The first-order valence-electron chi connectivity index (χ1n) is 9.60. The zero-order valence-corrected chi connectivity index (χ0v) is 16.0. The van der Waals surface area contributed by atoms with Crippen LogP contribution < -0.4 is 0 Å². The van der Waals surface area contributed by atoms with Gasteiger partial charge in [-0.15, -0.1) is 0 Å². The minimum Gasteiger partial charge on any atom is -0.377 e. The van der Waals surface area contributed by atoms with Crippen LogP contribution in [0.3, 0.4) is 0 Å². The van der Waals surface area contributed by atoms with Crippen molar-refractivity contribution in [3.8, 4) is 0 Å². The van der Waals surface area contributed by atoms with E-state index >= 15 is 0 Å². The third kappa shape index (κ3) is 5.50. The Labute approximate surface area is 139 Å². The molecule has 2 rings (SSSR count). The molecule has 1 atom stereocenters. The Bertz CT molecular complexity index is 279. The Hall–Kier alpha value is -0.120. The van der Waals surface area contributed by atoms with E-state index in [0.29, 0.717) is 0 Å². The summed E-state index contributed by atoms with van der Waals surface area (Å²) in [5.41, 5.74) is 0.116. The van der Waals surface area contributed by atoms with Gasteiger partial charge in [-0.05, 0) is 58.0 Å². The van der Waals surface area contributed by atoms with Gasteiger partial charge in [0.2, 0.25) is 0 Å². The number of likely N-dealkylation sites (tertiary alicyclic amines) is 2. The lowest BCUT2D eigenvalue weighted by atomic mass is 9.88. The molecule has 0 aromatic heterocycles. The summed E-state index contributed by atoms with van der Waals surface area (Å²) >= 11 is 0. The van der Waals surface area contributed by atoms with Crippen LogP contribution >= 0.6 is 0 Å². The molecule has 0 aromatic rings. The molecule has 3 nitrogen and oxygen atoms in total. The largest absolute Gasteiger partial charge is 0.377 e. The normalized spacial score (nSPS) is 25.4. The van der Waals surface area contributed by atoms with Crippen molar-refractivity contribution in [2.45, 2.75) is 78.4 Å². The van der Waals surface area contributed by atoms with Crippen LogP contribution in [0.4, 0.5) is 0 Å². The molecule has 2 aliphatic heterocycles. The summed E-state index contributed by atoms with van der Waals surface area (Å²) in [6.45, 7) is 17.1. The first-order valence-corrected chi connectivity index (χ1v) is 9.60. The van der Waals surface area contributed by atoms with E-state index in [9.17, 15) is 0 Å². The summed E-state index contributed by atoms with van der Waals surface area (Å²) in [5, 5.41) is 0. The number of hydrogen-bond donors (Lipinski definition) is 0. The molecule has 132 valence electrons. The molecular weight excluding hydrogens is 272 g/mol. The van der Waals surface area contributed by atoms with Crippen molar-refractivity contribution in [3.05, 3.63) is 0 Å². The van der Waals surface area contributed by atoms with Gasteiger partial charge in [0, 0.05) is 32.8 Å². The van der Waals surface area contributed by atoms with Crippen LogP contribution in [-0.2, 0) is 4.74 Å². The second-order valence-corrected chi connectivity index (χ2v) is 7.14. The van der Waals surface area contributed by atoms with E-state index in [1.165, 1.54) is 58.3 Å². The molecule has 0 amide bonds. The van der Waals surface area contributed by atoms with E-state index in [2.05, 4.69) is 30.6 Å². The standard InChI is InChI=1S/C17H34N2O.C2H6/c1-5-16(3)19-12-8-17(20-4,9-13-19)14-18-10-6-15(2)7-11-18;1-2/h15-16H,5-14H2,1-4H3;1-2H3. The maximum absolute atomic E-state index is 6.00. The Balaban J connectivity index is 0.00000116. The molecule has 3 heteroatoms. The summed E-state index contributed by atoms with van der Waals surface area (Å²) < 4.78 is 6.00. The van der Waals surface area contributed by atoms with Gasteiger partial charge in [0.1, 0.15) is 0 Å². The number of methoxy groups -OCH3 is 1. The lowest BCUT2D eigenvalue weighted by molar-refractivity contribution is -0.0843. The molecule has 0 saturated carbocycles. The highest BCUT2D eigenvalue weighted by molar-refractivity contribution is 4.92. The summed E-state index contributed by atoms with van der Waals surface area (Å²) in [4.78, 5) is 5.28. The van der Waals surface area contributed by atoms with Crippen LogP contribution in [0.15, 0.2) is 0 Å². The van der Waals surface area contributed by atoms with Crippen molar-refractivity contribution in [3.63, 3.8) is 0 Å².